The number of nitrogens with zero attached hydrogens (tertiary/aromatic N) is 3. The normalized spacial score (nSPS) is 14.2. The van der Waals surface area contributed by atoms with Gasteiger partial charge in [0.25, 0.3) is 0 Å². The number of rotatable bonds is 13. The Morgan fingerprint density at radius 2 is 1.16 bits per heavy atom. The highest BCUT2D eigenvalue weighted by Gasteiger charge is 2.30. The van der Waals surface area contributed by atoms with Gasteiger partial charge in [0.15, 0.2) is 0 Å². The van der Waals surface area contributed by atoms with Gasteiger partial charge in [-0.15, -0.1) is 0 Å². The molecule has 0 aromatic heterocycles. The van der Waals surface area contributed by atoms with Gasteiger partial charge >= 0.3 is 6.03 Å². The first-order valence-corrected chi connectivity index (χ1v) is 15.6. The zero-order valence-corrected chi connectivity index (χ0v) is 26.5. The fourth-order valence-electron chi connectivity index (χ4n) is 5.17. The van der Waals surface area contributed by atoms with Crippen LogP contribution in [0.15, 0.2) is 72.8 Å². The molecular formula is C36H48FN3O3. The summed E-state index contributed by atoms with van der Waals surface area (Å²) >= 11 is 0. The molecule has 0 unspecified atom stereocenters. The third-order valence-corrected chi connectivity index (χ3v) is 7.67. The van der Waals surface area contributed by atoms with E-state index in [4.69, 9.17) is 9.47 Å². The van der Waals surface area contributed by atoms with Gasteiger partial charge in [-0.2, -0.15) is 0 Å². The number of amides is 2. The lowest BCUT2D eigenvalue weighted by atomic mass is 10.0. The molecule has 0 saturated carbocycles. The van der Waals surface area contributed by atoms with Gasteiger partial charge in [-0.25, -0.2) is 9.18 Å². The summed E-state index contributed by atoms with van der Waals surface area (Å²) in [5.74, 6) is 2.28. The van der Waals surface area contributed by atoms with Crippen LogP contribution in [0.2, 0.25) is 0 Å². The molecule has 0 atom stereocenters. The molecule has 1 aliphatic rings. The maximum absolute atomic E-state index is 14.5. The summed E-state index contributed by atoms with van der Waals surface area (Å²) in [5, 5.41) is 0. The standard InChI is InChI=1S/C36H48FN3O3/c1-27(2)25-42-34-14-8-29(9-15-34)22-39(23-30-10-16-35(17-11-30)43-26-28(3)4)36(41)40(33-18-20-38(5)21-19-33)24-31-6-12-32(37)13-7-31/h6-17,27-28,33H,18-26H2,1-5H3. The molecule has 1 aliphatic heterocycles. The van der Waals surface area contributed by atoms with E-state index in [-0.39, 0.29) is 17.9 Å². The van der Waals surface area contributed by atoms with E-state index in [1.807, 2.05) is 58.3 Å². The molecular weight excluding hydrogens is 541 g/mol. The van der Waals surface area contributed by atoms with E-state index in [1.165, 1.54) is 12.1 Å². The maximum atomic E-state index is 14.5. The van der Waals surface area contributed by atoms with Gasteiger partial charge in [0.05, 0.1) is 13.2 Å². The van der Waals surface area contributed by atoms with E-state index in [0.29, 0.717) is 44.7 Å². The zero-order chi connectivity index (χ0) is 30.8. The van der Waals surface area contributed by atoms with Crippen molar-refractivity contribution in [3.8, 4) is 11.5 Å². The Morgan fingerprint density at radius 3 is 1.60 bits per heavy atom. The molecule has 0 spiro atoms. The predicted octanol–water partition coefficient (Wildman–Crippen LogP) is 7.61. The average Bonchev–Trinajstić information content (AvgIpc) is 3.00. The van der Waals surface area contributed by atoms with Gasteiger partial charge in [-0.05, 0) is 97.9 Å². The second-order valence-corrected chi connectivity index (χ2v) is 12.6. The van der Waals surface area contributed by atoms with Crippen molar-refractivity contribution in [2.45, 2.75) is 66.2 Å². The van der Waals surface area contributed by atoms with E-state index in [0.717, 1.165) is 54.1 Å². The average molecular weight is 590 g/mol. The van der Waals surface area contributed by atoms with Crippen LogP contribution in [0, 0.1) is 17.7 Å². The number of likely N-dealkylation sites (tertiary alicyclic amines) is 1. The first kappa shape index (κ1) is 32.3. The Balaban J connectivity index is 1.58. The van der Waals surface area contributed by atoms with Crippen LogP contribution in [0.1, 0.15) is 57.2 Å². The topological polar surface area (TPSA) is 45.3 Å². The number of ether oxygens (including phenoxy) is 2. The highest BCUT2D eigenvalue weighted by molar-refractivity contribution is 5.75. The lowest BCUT2D eigenvalue weighted by Gasteiger charge is -2.40. The molecule has 0 bridgehead atoms. The first-order valence-electron chi connectivity index (χ1n) is 15.6. The van der Waals surface area contributed by atoms with Gasteiger partial charge in [-0.3, -0.25) is 0 Å². The van der Waals surface area contributed by atoms with Crippen LogP contribution in [-0.4, -0.2) is 60.1 Å². The molecule has 2 amide bonds. The molecule has 4 rings (SSSR count). The van der Waals surface area contributed by atoms with E-state index < -0.39 is 0 Å². The minimum atomic E-state index is -0.274. The van der Waals surface area contributed by atoms with E-state index in [1.54, 1.807) is 12.1 Å². The van der Waals surface area contributed by atoms with Crippen LogP contribution in [0.3, 0.4) is 0 Å². The Labute approximate surface area is 257 Å². The largest absolute Gasteiger partial charge is 0.493 e. The molecule has 7 heteroatoms. The molecule has 3 aromatic rings. The van der Waals surface area contributed by atoms with Gasteiger partial charge < -0.3 is 24.2 Å². The second-order valence-electron chi connectivity index (χ2n) is 12.6. The van der Waals surface area contributed by atoms with Crippen LogP contribution < -0.4 is 9.47 Å². The summed E-state index contributed by atoms with van der Waals surface area (Å²) in [6, 6.07) is 22.7. The van der Waals surface area contributed by atoms with Crippen LogP contribution in [0.5, 0.6) is 11.5 Å². The Morgan fingerprint density at radius 1 is 0.744 bits per heavy atom. The number of urea groups is 1. The Kier molecular flexibility index (Phi) is 11.9. The van der Waals surface area contributed by atoms with Crippen molar-refractivity contribution in [3.63, 3.8) is 0 Å². The lowest BCUT2D eigenvalue weighted by Crippen LogP contribution is -2.50. The van der Waals surface area contributed by atoms with Crippen LogP contribution >= 0.6 is 0 Å². The second kappa shape index (κ2) is 15.8. The van der Waals surface area contributed by atoms with Crippen LogP contribution in [0.4, 0.5) is 9.18 Å². The molecule has 0 aliphatic carbocycles. The van der Waals surface area contributed by atoms with Crippen molar-refractivity contribution in [1.82, 2.24) is 14.7 Å². The molecule has 0 N–H and O–H groups in total. The molecule has 1 saturated heterocycles. The summed E-state index contributed by atoms with van der Waals surface area (Å²) in [5.41, 5.74) is 2.99. The quantitative estimate of drug-likeness (QED) is 0.206. The molecule has 1 heterocycles. The minimum Gasteiger partial charge on any atom is -0.493 e. The monoisotopic (exact) mass is 589 g/mol. The van der Waals surface area contributed by atoms with Crippen molar-refractivity contribution in [2.75, 3.05) is 33.4 Å². The molecule has 43 heavy (non-hydrogen) atoms. The molecule has 6 nitrogen and oxygen atoms in total. The Hall–Kier alpha value is -3.58. The third kappa shape index (κ3) is 10.3. The van der Waals surface area contributed by atoms with Crippen LogP contribution in [0.25, 0.3) is 0 Å². The number of hydrogen-bond donors (Lipinski definition) is 0. The third-order valence-electron chi connectivity index (χ3n) is 7.67. The van der Waals surface area contributed by atoms with Crippen molar-refractivity contribution in [3.05, 3.63) is 95.3 Å². The smallest absolute Gasteiger partial charge is 0.321 e. The van der Waals surface area contributed by atoms with Gasteiger partial charge in [0.2, 0.25) is 0 Å². The number of benzene rings is 3. The van der Waals surface area contributed by atoms with Crippen molar-refractivity contribution >= 4 is 6.03 Å². The van der Waals surface area contributed by atoms with Crippen LogP contribution in [-0.2, 0) is 19.6 Å². The van der Waals surface area contributed by atoms with E-state index in [2.05, 4.69) is 39.6 Å². The molecule has 1 fully saturated rings. The van der Waals surface area contributed by atoms with Crippen molar-refractivity contribution in [1.29, 1.82) is 0 Å². The van der Waals surface area contributed by atoms with Gasteiger partial charge in [0.1, 0.15) is 17.3 Å². The number of piperidine rings is 1. The molecule has 0 radical (unpaired) electrons. The van der Waals surface area contributed by atoms with Crippen molar-refractivity contribution in [2.24, 2.45) is 11.8 Å². The summed E-state index contributed by atoms with van der Waals surface area (Å²) in [4.78, 5) is 20.7. The summed E-state index contributed by atoms with van der Waals surface area (Å²) in [6.45, 7) is 13.1. The SMILES string of the molecule is CC(C)COc1ccc(CN(Cc2ccc(OCC(C)C)cc2)C(=O)N(Cc2ccc(F)cc2)C2CCN(C)CC2)cc1. The fourth-order valence-corrected chi connectivity index (χ4v) is 5.17. The highest BCUT2D eigenvalue weighted by Crippen LogP contribution is 2.24. The van der Waals surface area contributed by atoms with Crippen molar-refractivity contribution < 1.29 is 18.7 Å². The predicted molar refractivity (Wildman–Crippen MR) is 171 cm³/mol. The lowest BCUT2D eigenvalue weighted by molar-refractivity contribution is 0.0965. The zero-order valence-electron chi connectivity index (χ0n) is 26.5. The summed E-state index contributed by atoms with van der Waals surface area (Å²) in [6.07, 6.45) is 1.81. The van der Waals surface area contributed by atoms with E-state index >= 15 is 0 Å². The minimum absolute atomic E-state index is 0.0147. The first-order chi connectivity index (χ1) is 20.7. The highest BCUT2D eigenvalue weighted by atomic mass is 19.1. The Bertz CT molecular complexity index is 1200. The molecule has 3 aromatic carbocycles. The maximum Gasteiger partial charge on any atom is 0.321 e. The number of halogens is 1. The number of carbonyl (C=O) groups excluding carboxylic acids is 1. The molecule has 232 valence electrons. The van der Waals surface area contributed by atoms with Gasteiger partial charge in [-0.1, -0.05) is 64.1 Å². The van der Waals surface area contributed by atoms with Gasteiger partial charge in [0, 0.05) is 25.7 Å². The number of carbonyl (C=O) groups is 1. The summed E-state index contributed by atoms with van der Waals surface area (Å²) in [7, 11) is 2.12. The number of hydrogen-bond acceptors (Lipinski definition) is 4. The summed E-state index contributed by atoms with van der Waals surface area (Å²) < 4.78 is 25.5. The fraction of sp³-hybridized carbons (Fsp3) is 0.472. The van der Waals surface area contributed by atoms with E-state index in [9.17, 15) is 9.18 Å².